The van der Waals surface area contributed by atoms with Crippen molar-refractivity contribution in [2.75, 3.05) is 6.61 Å². The van der Waals surface area contributed by atoms with Crippen molar-refractivity contribution >= 4 is 0 Å². The van der Waals surface area contributed by atoms with Crippen molar-refractivity contribution in [1.82, 2.24) is 9.55 Å². The van der Waals surface area contributed by atoms with E-state index in [9.17, 15) is 9.18 Å². The van der Waals surface area contributed by atoms with Crippen LogP contribution in [0, 0.1) is 12.7 Å². The molecule has 0 bridgehead atoms. The summed E-state index contributed by atoms with van der Waals surface area (Å²) in [7, 11) is 0. The van der Waals surface area contributed by atoms with Gasteiger partial charge in [-0.3, -0.25) is 9.36 Å². The van der Waals surface area contributed by atoms with Gasteiger partial charge in [0.1, 0.15) is 6.61 Å². The zero-order valence-electron chi connectivity index (χ0n) is 14.3. The maximum absolute atomic E-state index is 14.2. The summed E-state index contributed by atoms with van der Waals surface area (Å²) in [5.41, 5.74) is 1.06. The van der Waals surface area contributed by atoms with Crippen LogP contribution in [0.5, 0.6) is 11.8 Å². The van der Waals surface area contributed by atoms with Crippen molar-refractivity contribution in [3.8, 4) is 11.8 Å². The molecule has 0 spiro atoms. The molecular formula is C18H21FN2O3. The van der Waals surface area contributed by atoms with E-state index < -0.39 is 0 Å². The van der Waals surface area contributed by atoms with Crippen LogP contribution in [-0.4, -0.2) is 22.3 Å². The minimum atomic E-state index is -0.388. The number of ether oxygens (including phenoxy) is 2. The summed E-state index contributed by atoms with van der Waals surface area (Å²) in [6.45, 7) is 8.50. The fraction of sp³-hybridized carbons (Fsp3) is 0.444. The van der Waals surface area contributed by atoms with Gasteiger partial charge < -0.3 is 9.47 Å². The summed E-state index contributed by atoms with van der Waals surface area (Å²) in [5, 5.41) is 0. The highest BCUT2D eigenvalue weighted by Crippen LogP contribution is 2.27. The monoisotopic (exact) mass is 332 g/mol. The van der Waals surface area contributed by atoms with E-state index in [1.54, 1.807) is 23.8 Å². The Morgan fingerprint density at radius 2 is 2.17 bits per heavy atom. The quantitative estimate of drug-likeness (QED) is 0.867. The largest absolute Gasteiger partial charge is 0.487 e. The van der Waals surface area contributed by atoms with Crippen molar-refractivity contribution in [1.29, 1.82) is 0 Å². The average Bonchev–Trinajstić information content (AvgIpc) is 2.87. The molecule has 1 unspecified atom stereocenters. The predicted octanol–water partition coefficient (Wildman–Crippen LogP) is 2.83. The molecule has 2 aromatic rings. The van der Waals surface area contributed by atoms with Crippen molar-refractivity contribution in [2.45, 2.75) is 45.8 Å². The molecule has 3 rings (SSSR count). The van der Waals surface area contributed by atoms with Gasteiger partial charge in [0.25, 0.3) is 11.6 Å². The molecule has 0 fully saturated rings. The topological polar surface area (TPSA) is 53.4 Å². The zero-order chi connectivity index (χ0) is 17.5. The fourth-order valence-corrected chi connectivity index (χ4v) is 2.57. The molecule has 0 saturated carbocycles. The highest BCUT2D eigenvalue weighted by atomic mass is 19.1. The van der Waals surface area contributed by atoms with Gasteiger partial charge in [-0.15, -0.1) is 0 Å². The standard InChI is InChI=1S/C18H21FN2O3/c1-11-8-21-9-13(24-17(21)20-16(11)22)10-23-15-6-5-12(7-14(15)19)18(2,3)4/h5-8,13H,9-10H2,1-4H3. The highest BCUT2D eigenvalue weighted by Gasteiger charge is 2.25. The summed E-state index contributed by atoms with van der Waals surface area (Å²) < 4.78 is 27.1. The summed E-state index contributed by atoms with van der Waals surface area (Å²) in [6, 6.07) is 5.29. The Labute approximate surface area is 140 Å². The Morgan fingerprint density at radius 1 is 1.42 bits per heavy atom. The molecule has 2 heterocycles. The molecule has 128 valence electrons. The lowest BCUT2D eigenvalue weighted by Gasteiger charge is -2.20. The van der Waals surface area contributed by atoms with E-state index in [1.807, 2.05) is 26.8 Å². The van der Waals surface area contributed by atoms with Crippen LogP contribution in [0.25, 0.3) is 0 Å². The van der Waals surface area contributed by atoms with E-state index in [2.05, 4.69) is 4.98 Å². The average molecular weight is 332 g/mol. The molecule has 1 aromatic heterocycles. The van der Waals surface area contributed by atoms with Gasteiger partial charge in [-0.25, -0.2) is 4.39 Å². The number of hydrogen-bond acceptors (Lipinski definition) is 4. The molecule has 6 heteroatoms. The summed E-state index contributed by atoms with van der Waals surface area (Å²) in [6.07, 6.45) is 1.41. The van der Waals surface area contributed by atoms with E-state index in [0.717, 1.165) is 5.56 Å². The number of aromatic nitrogens is 2. The van der Waals surface area contributed by atoms with Gasteiger partial charge in [-0.05, 0) is 30.0 Å². The number of rotatable bonds is 3. The first-order valence-electron chi connectivity index (χ1n) is 7.91. The van der Waals surface area contributed by atoms with Crippen LogP contribution in [-0.2, 0) is 12.0 Å². The SMILES string of the molecule is Cc1cn2c(nc1=O)OC(COc1ccc(C(C)(C)C)cc1F)C2. The van der Waals surface area contributed by atoms with Crippen molar-refractivity contribution in [3.05, 3.63) is 51.7 Å². The number of aryl methyl sites for hydroxylation is 1. The molecule has 24 heavy (non-hydrogen) atoms. The first-order valence-corrected chi connectivity index (χ1v) is 7.91. The highest BCUT2D eigenvalue weighted by molar-refractivity contribution is 5.32. The molecule has 1 aliphatic heterocycles. The molecule has 0 N–H and O–H groups in total. The maximum atomic E-state index is 14.2. The van der Waals surface area contributed by atoms with Crippen molar-refractivity contribution < 1.29 is 13.9 Å². The number of nitrogens with zero attached hydrogens (tertiary/aromatic N) is 2. The molecule has 0 radical (unpaired) electrons. The number of fused-ring (bicyclic) bond motifs is 1. The lowest BCUT2D eigenvalue weighted by molar-refractivity contribution is 0.140. The third-order valence-corrected chi connectivity index (χ3v) is 4.02. The van der Waals surface area contributed by atoms with Crippen LogP contribution in [0.3, 0.4) is 0 Å². The van der Waals surface area contributed by atoms with E-state index >= 15 is 0 Å². The Bertz CT molecular complexity index is 824. The van der Waals surface area contributed by atoms with E-state index in [1.165, 1.54) is 6.07 Å². The molecule has 0 amide bonds. The van der Waals surface area contributed by atoms with Crippen LogP contribution in [0.15, 0.2) is 29.2 Å². The zero-order valence-corrected chi connectivity index (χ0v) is 14.3. The number of benzene rings is 1. The van der Waals surface area contributed by atoms with Crippen molar-refractivity contribution in [3.63, 3.8) is 0 Å². The van der Waals surface area contributed by atoms with E-state index in [-0.39, 0.29) is 41.3 Å². The first-order chi connectivity index (χ1) is 11.2. The second-order valence-electron chi connectivity index (χ2n) is 7.11. The molecule has 5 nitrogen and oxygen atoms in total. The van der Waals surface area contributed by atoms with Gasteiger partial charge in [-0.1, -0.05) is 26.8 Å². The Morgan fingerprint density at radius 3 is 2.83 bits per heavy atom. The molecule has 1 atom stereocenters. The van der Waals surface area contributed by atoms with E-state index in [4.69, 9.17) is 9.47 Å². The minimum absolute atomic E-state index is 0.119. The lowest BCUT2D eigenvalue weighted by atomic mass is 9.87. The second kappa shape index (κ2) is 5.92. The summed E-state index contributed by atoms with van der Waals surface area (Å²) in [4.78, 5) is 15.4. The first kappa shape index (κ1) is 16.5. The molecular weight excluding hydrogens is 311 g/mol. The van der Waals surface area contributed by atoms with Crippen LogP contribution in [0.2, 0.25) is 0 Å². The van der Waals surface area contributed by atoms with Gasteiger partial charge >= 0.3 is 0 Å². The normalized spacial score (nSPS) is 16.6. The van der Waals surface area contributed by atoms with Crippen LogP contribution in [0.4, 0.5) is 4.39 Å². The smallest absolute Gasteiger partial charge is 0.300 e. The maximum Gasteiger partial charge on any atom is 0.300 e. The lowest BCUT2D eigenvalue weighted by Crippen LogP contribution is -2.23. The van der Waals surface area contributed by atoms with Gasteiger partial charge in [0.15, 0.2) is 17.7 Å². The van der Waals surface area contributed by atoms with Gasteiger partial charge in [0.05, 0.1) is 6.54 Å². The molecule has 0 aliphatic carbocycles. The van der Waals surface area contributed by atoms with Crippen LogP contribution >= 0.6 is 0 Å². The Kier molecular flexibility index (Phi) is 4.07. The van der Waals surface area contributed by atoms with Gasteiger partial charge in [-0.2, -0.15) is 4.98 Å². The summed E-state index contributed by atoms with van der Waals surface area (Å²) >= 11 is 0. The molecule has 0 saturated heterocycles. The Hall–Kier alpha value is -2.37. The third-order valence-electron chi connectivity index (χ3n) is 4.02. The second-order valence-corrected chi connectivity index (χ2v) is 7.11. The van der Waals surface area contributed by atoms with Crippen LogP contribution < -0.4 is 15.0 Å². The third kappa shape index (κ3) is 3.27. The van der Waals surface area contributed by atoms with Gasteiger partial charge in [0, 0.05) is 11.8 Å². The minimum Gasteiger partial charge on any atom is -0.487 e. The van der Waals surface area contributed by atoms with Gasteiger partial charge in [0.2, 0.25) is 0 Å². The molecule has 1 aliphatic rings. The Balaban J connectivity index is 1.66. The number of hydrogen-bond donors (Lipinski definition) is 0. The molecule has 1 aromatic carbocycles. The van der Waals surface area contributed by atoms with Crippen molar-refractivity contribution in [2.24, 2.45) is 0 Å². The predicted molar refractivity (Wildman–Crippen MR) is 88.2 cm³/mol. The number of halogens is 1. The van der Waals surface area contributed by atoms with E-state index in [0.29, 0.717) is 12.1 Å². The van der Waals surface area contributed by atoms with Crippen LogP contribution in [0.1, 0.15) is 31.9 Å². The summed E-state index contributed by atoms with van der Waals surface area (Å²) in [5.74, 6) is -0.192. The fourth-order valence-electron chi connectivity index (χ4n) is 2.57.